The molecule has 1 atom stereocenters. The summed E-state index contributed by atoms with van der Waals surface area (Å²) in [7, 11) is 1.41. The Kier molecular flexibility index (Phi) is 6.62. The van der Waals surface area contributed by atoms with Crippen molar-refractivity contribution >= 4 is 21.9 Å². The number of nitrogens with zero attached hydrogens (tertiary/aromatic N) is 1. The highest BCUT2D eigenvalue weighted by Crippen LogP contribution is 2.13. The van der Waals surface area contributed by atoms with Crippen LogP contribution in [0.15, 0.2) is 60.7 Å². The summed E-state index contributed by atoms with van der Waals surface area (Å²) in [5.41, 5.74) is 2.45. The highest BCUT2D eigenvalue weighted by molar-refractivity contribution is 9.10. The number of ether oxygens (including phenoxy) is 1. The predicted octanol–water partition coefficient (Wildman–Crippen LogP) is 3.63. The van der Waals surface area contributed by atoms with Crippen molar-refractivity contribution in [2.24, 2.45) is 0 Å². The summed E-state index contributed by atoms with van der Waals surface area (Å²) in [5.74, 6) is -0.244. The number of rotatable bonds is 7. The smallest absolute Gasteiger partial charge is 0.320 e. The number of hydrogen-bond donors (Lipinski definition) is 0. The van der Waals surface area contributed by atoms with Gasteiger partial charge in [-0.25, -0.2) is 0 Å². The van der Waals surface area contributed by atoms with Crippen molar-refractivity contribution in [1.82, 2.24) is 4.90 Å². The summed E-state index contributed by atoms with van der Waals surface area (Å²) in [6.45, 7) is 2.17. The number of benzene rings is 2. The quantitative estimate of drug-likeness (QED) is 0.557. The second-order valence-corrected chi connectivity index (χ2v) is 6.24. The van der Waals surface area contributed by atoms with Crippen molar-refractivity contribution in [3.05, 3.63) is 71.8 Å². The summed E-state index contributed by atoms with van der Waals surface area (Å²) in [6.07, 6.45) is 0. The van der Waals surface area contributed by atoms with Crippen molar-refractivity contribution in [3.8, 4) is 0 Å². The van der Waals surface area contributed by atoms with Crippen molar-refractivity contribution < 1.29 is 9.53 Å². The van der Waals surface area contributed by atoms with Gasteiger partial charge in [-0.3, -0.25) is 9.69 Å². The molecule has 2 rings (SSSR count). The van der Waals surface area contributed by atoms with Crippen molar-refractivity contribution in [3.63, 3.8) is 0 Å². The molecule has 0 heterocycles. The Labute approximate surface area is 140 Å². The number of carbonyl (C=O) groups is 1. The molecule has 0 saturated heterocycles. The molecule has 2 aromatic rings. The molecule has 0 aromatic heterocycles. The van der Waals surface area contributed by atoms with E-state index in [-0.39, 0.29) is 10.8 Å². The van der Waals surface area contributed by atoms with Crippen LogP contribution in [0.25, 0.3) is 0 Å². The van der Waals surface area contributed by atoms with Gasteiger partial charge in [0.1, 0.15) is 4.83 Å². The standard InChI is InChI=1S/C18H20BrNO2/c1-22-18(21)17(19)14-20(12-15-8-4-2-5-9-15)13-16-10-6-3-7-11-16/h2-11,17H,12-14H2,1H3. The minimum absolute atomic E-state index is 0.244. The van der Waals surface area contributed by atoms with Gasteiger partial charge in [-0.1, -0.05) is 76.6 Å². The molecule has 0 N–H and O–H groups in total. The van der Waals surface area contributed by atoms with Crippen LogP contribution in [0.4, 0.5) is 0 Å². The number of esters is 1. The van der Waals surface area contributed by atoms with Gasteiger partial charge >= 0.3 is 5.97 Å². The first-order chi connectivity index (χ1) is 10.7. The average Bonchev–Trinajstić information content (AvgIpc) is 2.55. The zero-order valence-corrected chi connectivity index (χ0v) is 14.2. The molecule has 0 saturated carbocycles. The lowest BCUT2D eigenvalue weighted by Gasteiger charge is -2.24. The van der Waals surface area contributed by atoms with Gasteiger partial charge in [0.05, 0.1) is 7.11 Å². The molecule has 2 aromatic carbocycles. The SMILES string of the molecule is COC(=O)C(Br)CN(Cc1ccccc1)Cc1ccccc1. The van der Waals surface area contributed by atoms with E-state index >= 15 is 0 Å². The second-order valence-electron chi connectivity index (χ2n) is 5.13. The third-order valence-corrected chi connectivity index (χ3v) is 4.04. The van der Waals surface area contributed by atoms with Crippen LogP contribution in [0.3, 0.4) is 0 Å². The van der Waals surface area contributed by atoms with Crippen LogP contribution in [-0.4, -0.2) is 29.4 Å². The zero-order valence-electron chi connectivity index (χ0n) is 12.6. The second kappa shape index (κ2) is 8.71. The normalized spacial score (nSPS) is 12.1. The minimum atomic E-state index is -0.329. The van der Waals surface area contributed by atoms with E-state index in [2.05, 4.69) is 45.1 Å². The fourth-order valence-corrected chi connectivity index (χ4v) is 2.89. The Bertz CT molecular complexity index is 533. The lowest BCUT2D eigenvalue weighted by Crippen LogP contribution is -2.33. The molecule has 1 unspecified atom stereocenters. The molecule has 0 radical (unpaired) electrons. The molecule has 0 aliphatic carbocycles. The topological polar surface area (TPSA) is 29.5 Å². The Morgan fingerprint density at radius 3 is 1.86 bits per heavy atom. The van der Waals surface area contributed by atoms with E-state index in [1.54, 1.807) is 0 Å². The number of carbonyl (C=O) groups excluding carboxylic acids is 1. The van der Waals surface area contributed by atoms with E-state index in [4.69, 9.17) is 4.74 Å². The molecule has 0 amide bonds. The first kappa shape index (κ1) is 16.7. The fourth-order valence-electron chi connectivity index (χ4n) is 2.30. The average molecular weight is 362 g/mol. The Hall–Kier alpha value is -1.65. The molecular formula is C18H20BrNO2. The van der Waals surface area contributed by atoms with Gasteiger partial charge < -0.3 is 4.74 Å². The van der Waals surface area contributed by atoms with Gasteiger partial charge in [-0.2, -0.15) is 0 Å². The summed E-state index contributed by atoms with van der Waals surface area (Å²) >= 11 is 3.41. The molecule has 0 aliphatic heterocycles. The maximum atomic E-state index is 11.7. The highest BCUT2D eigenvalue weighted by atomic mass is 79.9. The lowest BCUT2D eigenvalue weighted by atomic mass is 10.1. The monoisotopic (exact) mass is 361 g/mol. The zero-order chi connectivity index (χ0) is 15.8. The predicted molar refractivity (Wildman–Crippen MR) is 91.7 cm³/mol. The van der Waals surface area contributed by atoms with Crippen LogP contribution in [-0.2, 0) is 22.6 Å². The molecule has 3 nitrogen and oxygen atoms in total. The molecule has 0 fully saturated rings. The fraction of sp³-hybridized carbons (Fsp3) is 0.278. The van der Waals surface area contributed by atoms with Gasteiger partial charge in [0.15, 0.2) is 0 Å². The molecular weight excluding hydrogens is 342 g/mol. The van der Waals surface area contributed by atoms with Crippen molar-refractivity contribution in [1.29, 1.82) is 0 Å². The van der Waals surface area contributed by atoms with E-state index in [1.807, 2.05) is 36.4 Å². The minimum Gasteiger partial charge on any atom is -0.468 e. The maximum Gasteiger partial charge on any atom is 0.320 e. The Morgan fingerprint density at radius 1 is 1.00 bits per heavy atom. The van der Waals surface area contributed by atoms with Crippen LogP contribution >= 0.6 is 15.9 Å². The lowest BCUT2D eigenvalue weighted by molar-refractivity contribution is -0.140. The van der Waals surface area contributed by atoms with Gasteiger partial charge in [0.25, 0.3) is 0 Å². The first-order valence-corrected chi connectivity index (χ1v) is 8.12. The van der Waals surface area contributed by atoms with Gasteiger partial charge in [-0.15, -0.1) is 0 Å². The molecule has 4 heteroatoms. The van der Waals surface area contributed by atoms with E-state index in [0.717, 1.165) is 13.1 Å². The van der Waals surface area contributed by atoms with Gasteiger partial charge in [0.2, 0.25) is 0 Å². The first-order valence-electron chi connectivity index (χ1n) is 7.21. The van der Waals surface area contributed by atoms with Gasteiger partial charge in [0, 0.05) is 19.6 Å². The largest absolute Gasteiger partial charge is 0.468 e. The summed E-state index contributed by atoms with van der Waals surface area (Å²) < 4.78 is 4.80. The summed E-state index contributed by atoms with van der Waals surface area (Å²) in [6, 6.07) is 20.5. The van der Waals surface area contributed by atoms with E-state index in [0.29, 0.717) is 6.54 Å². The van der Waals surface area contributed by atoms with E-state index < -0.39 is 0 Å². The van der Waals surface area contributed by atoms with Gasteiger partial charge in [-0.05, 0) is 11.1 Å². The van der Waals surface area contributed by atoms with Crippen LogP contribution in [0.1, 0.15) is 11.1 Å². The van der Waals surface area contributed by atoms with Crippen molar-refractivity contribution in [2.45, 2.75) is 17.9 Å². The molecule has 0 aliphatic rings. The van der Waals surface area contributed by atoms with E-state index in [1.165, 1.54) is 18.2 Å². The van der Waals surface area contributed by atoms with Crippen molar-refractivity contribution in [2.75, 3.05) is 13.7 Å². The van der Waals surface area contributed by atoms with Crippen LogP contribution < -0.4 is 0 Å². The summed E-state index contributed by atoms with van der Waals surface area (Å²) in [5, 5.41) is 0. The van der Waals surface area contributed by atoms with Crippen LogP contribution in [0.2, 0.25) is 0 Å². The molecule has 0 spiro atoms. The summed E-state index contributed by atoms with van der Waals surface area (Å²) in [4.78, 5) is 13.6. The molecule has 116 valence electrons. The van der Waals surface area contributed by atoms with Crippen LogP contribution in [0, 0.1) is 0 Å². The molecule has 22 heavy (non-hydrogen) atoms. The highest BCUT2D eigenvalue weighted by Gasteiger charge is 2.19. The third-order valence-electron chi connectivity index (χ3n) is 3.37. The Morgan fingerprint density at radius 2 is 1.45 bits per heavy atom. The number of halogens is 1. The molecule has 0 bridgehead atoms. The number of alkyl halides is 1. The third kappa shape index (κ3) is 5.28. The number of methoxy groups -OCH3 is 1. The van der Waals surface area contributed by atoms with E-state index in [9.17, 15) is 4.79 Å². The Balaban J connectivity index is 2.07. The number of hydrogen-bond acceptors (Lipinski definition) is 3. The van der Waals surface area contributed by atoms with Crippen LogP contribution in [0.5, 0.6) is 0 Å². The maximum absolute atomic E-state index is 11.7.